The molecule has 1 atom stereocenters. The van der Waals surface area contributed by atoms with E-state index in [-0.39, 0.29) is 5.56 Å². The molecule has 0 amide bonds. The van der Waals surface area contributed by atoms with Gasteiger partial charge in [-0.25, -0.2) is 8.78 Å². The molecule has 2 rings (SSSR count). The first-order chi connectivity index (χ1) is 8.52. The molecule has 1 aromatic rings. The van der Waals surface area contributed by atoms with Gasteiger partial charge in [-0.2, -0.15) is 0 Å². The third-order valence-electron chi connectivity index (χ3n) is 3.70. The molecule has 1 fully saturated rings. The summed E-state index contributed by atoms with van der Waals surface area (Å²) in [5, 5.41) is 13.2. The lowest BCUT2D eigenvalue weighted by Crippen LogP contribution is -2.39. The van der Waals surface area contributed by atoms with E-state index in [1.54, 1.807) is 6.92 Å². The number of benzene rings is 1. The van der Waals surface area contributed by atoms with Crippen molar-refractivity contribution in [1.82, 2.24) is 5.32 Å². The third kappa shape index (κ3) is 2.87. The molecule has 100 valence electrons. The van der Waals surface area contributed by atoms with E-state index in [9.17, 15) is 13.9 Å². The summed E-state index contributed by atoms with van der Waals surface area (Å²) in [5.41, 5.74) is -0.671. The second-order valence-electron chi connectivity index (χ2n) is 5.17. The minimum absolute atomic E-state index is 0.0408. The van der Waals surface area contributed by atoms with Gasteiger partial charge < -0.3 is 10.4 Å². The second-order valence-corrected chi connectivity index (χ2v) is 5.17. The number of nitrogens with one attached hydrogen (secondary N) is 1. The van der Waals surface area contributed by atoms with Crippen LogP contribution in [0, 0.1) is 11.6 Å². The van der Waals surface area contributed by atoms with Gasteiger partial charge in [0.2, 0.25) is 0 Å². The van der Waals surface area contributed by atoms with E-state index in [1.807, 2.05) is 0 Å². The molecule has 0 heterocycles. The largest absolute Gasteiger partial charge is 0.389 e. The fourth-order valence-corrected chi connectivity index (χ4v) is 2.58. The first kappa shape index (κ1) is 13.4. The minimum Gasteiger partial charge on any atom is -0.389 e. The second kappa shape index (κ2) is 5.33. The zero-order valence-electron chi connectivity index (χ0n) is 10.5. The summed E-state index contributed by atoms with van der Waals surface area (Å²) in [7, 11) is 0. The molecule has 1 aliphatic rings. The Labute approximate surface area is 106 Å². The lowest BCUT2D eigenvalue weighted by Gasteiger charge is -2.25. The highest BCUT2D eigenvalue weighted by Gasteiger charge is 2.31. The molecular weight excluding hydrogens is 236 g/mol. The van der Waals surface area contributed by atoms with Gasteiger partial charge in [0.15, 0.2) is 0 Å². The maximum atomic E-state index is 13.6. The highest BCUT2D eigenvalue weighted by Crippen LogP contribution is 2.29. The van der Waals surface area contributed by atoms with Crippen molar-refractivity contribution < 1.29 is 13.9 Å². The van der Waals surface area contributed by atoms with Crippen LogP contribution in [-0.4, -0.2) is 17.3 Å². The van der Waals surface area contributed by atoms with E-state index in [0.717, 1.165) is 25.7 Å². The standard InChI is InChI=1S/C14H19F2NO/c1-10(13-11(15)5-4-6-12(13)16)17-9-14(18)7-2-3-8-14/h4-6,10,17-18H,2-3,7-9H2,1H3. The molecule has 0 radical (unpaired) electrons. The molecular formula is C14H19F2NO. The Balaban J connectivity index is 2.01. The number of aliphatic hydroxyl groups is 1. The first-order valence-corrected chi connectivity index (χ1v) is 6.41. The average Bonchev–Trinajstić information content (AvgIpc) is 2.74. The van der Waals surface area contributed by atoms with E-state index in [4.69, 9.17) is 0 Å². The fraction of sp³-hybridized carbons (Fsp3) is 0.571. The van der Waals surface area contributed by atoms with Crippen LogP contribution in [0.1, 0.15) is 44.2 Å². The van der Waals surface area contributed by atoms with Crippen LogP contribution >= 0.6 is 0 Å². The summed E-state index contributed by atoms with van der Waals surface area (Å²) in [4.78, 5) is 0. The molecule has 2 N–H and O–H groups in total. The topological polar surface area (TPSA) is 32.3 Å². The Bertz CT molecular complexity index is 396. The predicted octanol–water partition coefficient (Wildman–Crippen LogP) is 2.92. The van der Waals surface area contributed by atoms with E-state index in [1.165, 1.54) is 18.2 Å². The van der Waals surface area contributed by atoms with Crippen LogP contribution in [0.4, 0.5) is 8.78 Å². The Morgan fingerprint density at radius 3 is 2.39 bits per heavy atom. The van der Waals surface area contributed by atoms with Crippen LogP contribution in [0.3, 0.4) is 0 Å². The monoisotopic (exact) mass is 255 g/mol. The van der Waals surface area contributed by atoms with E-state index in [2.05, 4.69) is 5.32 Å². The van der Waals surface area contributed by atoms with Gasteiger partial charge in [0.05, 0.1) is 5.60 Å². The van der Waals surface area contributed by atoms with Gasteiger partial charge in [0.25, 0.3) is 0 Å². The molecule has 0 bridgehead atoms. The number of rotatable bonds is 4. The summed E-state index contributed by atoms with van der Waals surface area (Å²) in [6.07, 6.45) is 3.54. The lowest BCUT2D eigenvalue weighted by molar-refractivity contribution is 0.0451. The summed E-state index contributed by atoms with van der Waals surface area (Å²) in [5.74, 6) is -1.10. The molecule has 18 heavy (non-hydrogen) atoms. The minimum atomic E-state index is -0.712. The summed E-state index contributed by atoms with van der Waals surface area (Å²) in [6.45, 7) is 2.09. The summed E-state index contributed by atoms with van der Waals surface area (Å²) in [6, 6.07) is 3.41. The van der Waals surface area contributed by atoms with Crippen molar-refractivity contribution in [1.29, 1.82) is 0 Å². The van der Waals surface area contributed by atoms with Gasteiger partial charge in [-0.15, -0.1) is 0 Å². The SMILES string of the molecule is CC(NCC1(O)CCCC1)c1c(F)cccc1F. The van der Waals surface area contributed by atoms with E-state index in [0.29, 0.717) is 6.54 Å². The number of hydrogen-bond acceptors (Lipinski definition) is 2. The maximum Gasteiger partial charge on any atom is 0.130 e. The molecule has 0 spiro atoms. The molecule has 0 aliphatic heterocycles. The van der Waals surface area contributed by atoms with Gasteiger partial charge in [0.1, 0.15) is 11.6 Å². The molecule has 1 saturated carbocycles. The van der Waals surface area contributed by atoms with Gasteiger partial charge >= 0.3 is 0 Å². The lowest BCUT2D eigenvalue weighted by atomic mass is 10.0. The Morgan fingerprint density at radius 2 is 1.83 bits per heavy atom. The number of halogens is 2. The van der Waals surface area contributed by atoms with Crippen molar-refractivity contribution in [3.8, 4) is 0 Å². The van der Waals surface area contributed by atoms with Crippen LogP contribution < -0.4 is 5.32 Å². The molecule has 2 nitrogen and oxygen atoms in total. The normalized spacial score (nSPS) is 20.0. The molecule has 0 aromatic heterocycles. The molecule has 1 unspecified atom stereocenters. The predicted molar refractivity (Wildman–Crippen MR) is 66.2 cm³/mol. The van der Waals surface area contributed by atoms with Gasteiger partial charge in [0, 0.05) is 18.2 Å². The van der Waals surface area contributed by atoms with Crippen molar-refractivity contribution in [2.45, 2.75) is 44.2 Å². The Kier molecular flexibility index (Phi) is 3.97. The molecule has 1 aromatic carbocycles. The highest BCUT2D eigenvalue weighted by molar-refractivity contribution is 5.22. The van der Waals surface area contributed by atoms with Crippen molar-refractivity contribution >= 4 is 0 Å². The molecule has 1 aliphatic carbocycles. The van der Waals surface area contributed by atoms with Crippen molar-refractivity contribution in [2.24, 2.45) is 0 Å². The van der Waals surface area contributed by atoms with Crippen LogP contribution in [-0.2, 0) is 0 Å². The average molecular weight is 255 g/mol. The quantitative estimate of drug-likeness (QED) is 0.867. The van der Waals surface area contributed by atoms with Crippen LogP contribution in [0.15, 0.2) is 18.2 Å². The smallest absolute Gasteiger partial charge is 0.130 e. The maximum absolute atomic E-state index is 13.6. The Hall–Kier alpha value is -1.00. The van der Waals surface area contributed by atoms with E-state index >= 15 is 0 Å². The number of hydrogen-bond donors (Lipinski definition) is 2. The summed E-state index contributed by atoms with van der Waals surface area (Å²) < 4.78 is 27.1. The Morgan fingerprint density at radius 1 is 1.28 bits per heavy atom. The zero-order valence-corrected chi connectivity index (χ0v) is 10.5. The van der Waals surface area contributed by atoms with Crippen LogP contribution in [0.25, 0.3) is 0 Å². The van der Waals surface area contributed by atoms with Crippen LogP contribution in [0.5, 0.6) is 0 Å². The van der Waals surface area contributed by atoms with Gasteiger partial charge in [-0.3, -0.25) is 0 Å². The zero-order chi connectivity index (χ0) is 13.2. The van der Waals surface area contributed by atoms with Gasteiger partial charge in [-0.1, -0.05) is 18.9 Å². The third-order valence-corrected chi connectivity index (χ3v) is 3.70. The van der Waals surface area contributed by atoms with E-state index < -0.39 is 23.3 Å². The van der Waals surface area contributed by atoms with Crippen molar-refractivity contribution in [3.05, 3.63) is 35.4 Å². The highest BCUT2D eigenvalue weighted by atomic mass is 19.1. The summed E-state index contributed by atoms with van der Waals surface area (Å²) >= 11 is 0. The van der Waals surface area contributed by atoms with Gasteiger partial charge in [-0.05, 0) is 31.9 Å². The fourth-order valence-electron chi connectivity index (χ4n) is 2.58. The molecule has 0 saturated heterocycles. The van der Waals surface area contributed by atoms with Crippen LogP contribution in [0.2, 0.25) is 0 Å². The first-order valence-electron chi connectivity index (χ1n) is 6.41. The van der Waals surface area contributed by atoms with Crippen molar-refractivity contribution in [2.75, 3.05) is 6.54 Å². The molecule has 4 heteroatoms. The van der Waals surface area contributed by atoms with Crippen molar-refractivity contribution in [3.63, 3.8) is 0 Å².